The molecule has 0 spiro atoms. The van der Waals surface area contributed by atoms with Crippen LogP contribution in [0, 0.1) is 5.92 Å². The van der Waals surface area contributed by atoms with Crippen molar-refractivity contribution in [3.63, 3.8) is 0 Å². The Morgan fingerprint density at radius 1 is 1.11 bits per heavy atom. The smallest absolute Gasteiger partial charge is 0.256 e. The maximum absolute atomic E-state index is 12.7. The zero-order valence-electron chi connectivity index (χ0n) is 16.0. The van der Waals surface area contributed by atoms with Crippen LogP contribution in [0.3, 0.4) is 0 Å². The summed E-state index contributed by atoms with van der Waals surface area (Å²) in [5.74, 6) is -0.0875. The second kappa shape index (κ2) is 7.89. The van der Waals surface area contributed by atoms with Crippen LogP contribution in [0.4, 0.5) is 0 Å². The van der Waals surface area contributed by atoms with E-state index in [0.29, 0.717) is 18.7 Å². The van der Waals surface area contributed by atoms with Crippen molar-refractivity contribution in [3.8, 4) is 0 Å². The van der Waals surface area contributed by atoms with E-state index >= 15 is 0 Å². The normalized spacial score (nSPS) is 15.2. The molecule has 4 rings (SSSR count). The number of carbonyl (C=O) groups excluding carboxylic acids is 2. The standard InChI is InChI=1S/C23H25N3O2/c1-16(11-12-17-7-3-2-4-8-17)25-22(27)18-14-26(15-18)23(28)20-13-24-21-10-6-5-9-19(20)21/h2-10,13,16,18,24H,11-12,14-15H2,1H3,(H,25,27). The van der Waals surface area contributed by atoms with Crippen molar-refractivity contribution in [2.45, 2.75) is 25.8 Å². The van der Waals surface area contributed by atoms with Gasteiger partial charge in [-0.3, -0.25) is 9.59 Å². The number of benzene rings is 2. The highest BCUT2D eigenvalue weighted by molar-refractivity contribution is 6.07. The Morgan fingerprint density at radius 3 is 2.61 bits per heavy atom. The van der Waals surface area contributed by atoms with E-state index in [-0.39, 0.29) is 23.8 Å². The maximum Gasteiger partial charge on any atom is 0.256 e. The molecule has 1 saturated heterocycles. The van der Waals surface area contributed by atoms with E-state index in [2.05, 4.69) is 22.4 Å². The largest absolute Gasteiger partial charge is 0.360 e. The van der Waals surface area contributed by atoms with Gasteiger partial charge in [-0.15, -0.1) is 0 Å². The molecule has 1 unspecified atom stereocenters. The lowest BCUT2D eigenvalue weighted by Gasteiger charge is -2.38. The number of likely N-dealkylation sites (tertiary alicyclic amines) is 1. The number of nitrogens with one attached hydrogen (secondary N) is 2. The van der Waals surface area contributed by atoms with Gasteiger partial charge in [0, 0.05) is 36.2 Å². The number of hydrogen-bond acceptors (Lipinski definition) is 2. The molecule has 5 heteroatoms. The highest BCUT2D eigenvalue weighted by atomic mass is 16.2. The molecule has 0 saturated carbocycles. The first-order chi connectivity index (χ1) is 13.6. The van der Waals surface area contributed by atoms with Gasteiger partial charge in [-0.25, -0.2) is 0 Å². The highest BCUT2D eigenvalue weighted by Gasteiger charge is 2.36. The molecule has 28 heavy (non-hydrogen) atoms. The fraction of sp³-hybridized carbons (Fsp3) is 0.304. The predicted octanol–water partition coefficient (Wildman–Crippen LogP) is 3.38. The van der Waals surface area contributed by atoms with Crippen LogP contribution in [0.5, 0.6) is 0 Å². The Kier molecular flexibility index (Phi) is 5.15. The fourth-order valence-electron chi connectivity index (χ4n) is 3.69. The molecule has 1 aromatic heterocycles. The minimum atomic E-state index is -0.117. The third-order valence-electron chi connectivity index (χ3n) is 5.46. The number of para-hydroxylation sites is 1. The third-order valence-corrected chi connectivity index (χ3v) is 5.46. The summed E-state index contributed by atoms with van der Waals surface area (Å²) in [7, 11) is 0. The van der Waals surface area contributed by atoms with E-state index in [1.54, 1.807) is 11.1 Å². The summed E-state index contributed by atoms with van der Waals surface area (Å²) in [4.78, 5) is 30.1. The molecular weight excluding hydrogens is 350 g/mol. The number of aryl methyl sites for hydroxylation is 1. The Bertz CT molecular complexity index is 974. The van der Waals surface area contributed by atoms with E-state index in [1.807, 2.05) is 49.4 Å². The number of H-pyrrole nitrogens is 1. The molecule has 0 bridgehead atoms. The van der Waals surface area contributed by atoms with Crippen molar-refractivity contribution >= 4 is 22.7 Å². The second-order valence-electron chi connectivity index (χ2n) is 7.59. The molecular formula is C23H25N3O2. The highest BCUT2D eigenvalue weighted by Crippen LogP contribution is 2.24. The average molecular weight is 375 g/mol. The van der Waals surface area contributed by atoms with Crippen LogP contribution in [0.2, 0.25) is 0 Å². The molecule has 1 aliphatic heterocycles. The molecule has 0 radical (unpaired) electrons. The Labute approximate surface area is 164 Å². The first-order valence-corrected chi connectivity index (χ1v) is 9.81. The molecule has 1 aliphatic rings. The average Bonchev–Trinajstić information content (AvgIpc) is 3.10. The monoisotopic (exact) mass is 375 g/mol. The Morgan fingerprint density at radius 2 is 1.82 bits per heavy atom. The van der Waals surface area contributed by atoms with Crippen molar-refractivity contribution in [1.82, 2.24) is 15.2 Å². The first kappa shape index (κ1) is 18.3. The summed E-state index contributed by atoms with van der Waals surface area (Å²) in [5.41, 5.74) is 2.90. The van der Waals surface area contributed by atoms with Crippen LogP contribution in [0.1, 0.15) is 29.3 Å². The molecule has 2 aromatic carbocycles. The van der Waals surface area contributed by atoms with Gasteiger partial charge in [0.05, 0.1) is 11.5 Å². The summed E-state index contributed by atoms with van der Waals surface area (Å²) < 4.78 is 0. The van der Waals surface area contributed by atoms with Crippen molar-refractivity contribution in [3.05, 3.63) is 71.9 Å². The van der Waals surface area contributed by atoms with Crippen molar-refractivity contribution in [2.24, 2.45) is 5.92 Å². The van der Waals surface area contributed by atoms with Gasteiger partial charge in [-0.2, -0.15) is 0 Å². The van der Waals surface area contributed by atoms with Crippen LogP contribution < -0.4 is 5.32 Å². The summed E-state index contributed by atoms with van der Waals surface area (Å²) in [5, 5.41) is 4.02. The molecule has 2 N–H and O–H groups in total. The van der Waals surface area contributed by atoms with E-state index in [1.165, 1.54) is 5.56 Å². The van der Waals surface area contributed by atoms with Gasteiger partial charge >= 0.3 is 0 Å². The number of hydrogen-bond donors (Lipinski definition) is 2. The molecule has 3 aromatic rings. The minimum Gasteiger partial charge on any atom is -0.360 e. The number of rotatable bonds is 6. The summed E-state index contributed by atoms with van der Waals surface area (Å²) in [6, 6.07) is 18.2. The lowest BCUT2D eigenvalue weighted by molar-refractivity contribution is -0.129. The predicted molar refractivity (Wildman–Crippen MR) is 110 cm³/mol. The van der Waals surface area contributed by atoms with Gasteiger partial charge in [0.15, 0.2) is 0 Å². The number of fused-ring (bicyclic) bond motifs is 1. The zero-order valence-corrected chi connectivity index (χ0v) is 16.0. The Hall–Kier alpha value is -3.08. The number of aromatic nitrogens is 1. The van der Waals surface area contributed by atoms with E-state index in [4.69, 9.17) is 0 Å². The molecule has 5 nitrogen and oxygen atoms in total. The lowest BCUT2D eigenvalue weighted by atomic mass is 9.97. The number of aromatic amines is 1. The third kappa shape index (κ3) is 3.79. The summed E-state index contributed by atoms with van der Waals surface area (Å²) >= 11 is 0. The van der Waals surface area contributed by atoms with Crippen LogP contribution in [0.25, 0.3) is 10.9 Å². The number of carbonyl (C=O) groups is 2. The topological polar surface area (TPSA) is 65.2 Å². The fourth-order valence-corrected chi connectivity index (χ4v) is 3.69. The summed E-state index contributed by atoms with van der Waals surface area (Å²) in [6.07, 6.45) is 3.60. The van der Waals surface area contributed by atoms with Gasteiger partial charge in [0.2, 0.25) is 5.91 Å². The molecule has 2 amide bonds. The van der Waals surface area contributed by atoms with Gasteiger partial charge < -0.3 is 15.2 Å². The molecule has 1 fully saturated rings. The van der Waals surface area contributed by atoms with Crippen LogP contribution in [0.15, 0.2) is 60.8 Å². The minimum absolute atomic E-state index is 0.0152. The van der Waals surface area contributed by atoms with Crippen molar-refractivity contribution in [1.29, 1.82) is 0 Å². The summed E-state index contributed by atoms with van der Waals surface area (Å²) in [6.45, 7) is 3.00. The molecule has 144 valence electrons. The van der Waals surface area contributed by atoms with Crippen molar-refractivity contribution in [2.75, 3.05) is 13.1 Å². The van der Waals surface area contributed by atoms with Crippen LogP contribution in [-0.4, -0.2) is 40.8 Å². The SMILES string of the molecule is CC(CCc1ccccc1)NC(=O)C1CN(C(=O)c2c[nH]c3ccccc23)C1. The first-order valence-electron chi connectivity index (χ1n) is 9.81. The van der Waals surface area contributed by atoms with Crippen molar-refractivity contribution < 1.29 is 9.59 Å². The lowest BCUT2D eigenvalue weighted by Crippen LogP contribution is -2.56. The second-order valence-corrected chi connectivity index (χ2v) is 7.59. The molecule has 1 atom stereocenters. The van der Waals surface area contributed by atoms with E-state index in [9.17, 15) is 9.59 Å². The quantitative estimate of drug-likeness (QED) is 0.694. The van der Waals surface area contributed by atoms with Gasteiger partial charge in [-0.1, -0.05) is 48.5 Å². The van der Waals surface area contributed by atoms with Gasteiger partial charge in [0.1, 0.15) is 0 Å². The van der Waals surface area contributed by atoms with E-state index in [0.717, 1.165) is 23.7 Å². The molecule has 0 aliphatic carbocycles. The van der Waals surface area contributed by atoms with Gasteiger partial charge in [-0.05, 0) is 31.4 Å². The Balaban J connectivity index is 1.26. The maximum atomic E-state index is 12.7. The number of nitrogens with zero attached hydrogens (tertiary/aromatic N) is 1. The van der Waals surface area contributed by atoms with E-state index < -0.39 is 0 Å². The van der Waals surface area contributed by atoms with Gasteiger partial charge in [0.25, 0.3) is 5.91 Å². The van der Waals surface area contributed by atoms with Crippen LogP contribution >= 0.6 is 0 Å². The van der Waals surface area contributed by atoms with Crippen LogP contribution in [-0.2, 0) is 11.2 Å². The number of amides is 2. The zero-order chi connectivity index (χ0) is 19.5. The molecule has 2 heterocycles.